The van der Waals surface area contributed by atoms with Gasteiger partial charge in [0, 0.05) is 49.7 Å². The smallest absolute Gasteiger partial charge is 0.237 e. The van der Waals surface area contributed by atoms with Gasteiger partial charge in [-0.25, -0.2) is 9.97 Å². The fraction of sp³-hybridized carbons (Fsp3) is 0.438. The molecule has 0 unspecified atom stereocenters. The van der Waals surface area contributed by atoms with E-state index in [0.717, 1.165) is 30.2 Å². The largest absolute Gasteiger partial charge is 0.378 e. The minimum atomic E-state index is -0.617. The van der Waals surface area contributed by atoms with Gasteiger partial charge in [-0.05, 0) is 6.07 Å². The lowest BCUT2D eigenvalue weighted by atomic mass is 10.1. The quantitative estimate of drug-likeness (QED) is 0.678. The molecule has 0 aliphatic carbocycles. The van der Waals surface area contributed by atoms with Crippen LogP contribution in [0.1, 0.15) is 11.3 Å². The van der Waals surface area contributed by atoms with Crippen molar-refractivity contribution in [3.63, 3.8) is 0 Å². The number of morpholine rings is 1. The summed E-state index contributed by atoms with van der Waals surface area (Å²) in [4.78, 5) is 25.7. The van der Waals surface area contributed by atoms with Gasteiger partial charge in [-0.15, -0.1) is 0 Å². The molecule has 24 heavy (non-hydrogen) atoms. The SMILES string of the molecule is N[C@@H](Cc1cnc[nH]1)C(=O)NCc1cccnc1N1CCOCC1. The first-order valence-electron chi connectivity index (χ1n) is 8.01. The molecule has 2 aromatic rings. The number of rotatable bonds is 6. The van der Waals surface area contributed by atoms with Crippen molar-refractivity contribution in [2.75, 3.05) is 31.2 Å². The average molecular weight is 330 g/mol. The summed E-state index contributed by atoms with van der Waals surface area (Å²) in [6, 6.07) is 3.23. The zero-order valence-corrected chi connectivity index (χ0v) is 13.4. The monoisotopic (exact) mass is 330 g/mol. The minimum absolute atomic E-state index is 0.193. The highest BCUT2D eigenvalue weighted by Crippen LogP contribution is 2.18. The molecule has 1 saturated heterocycles. The summed E-state index contributed by atoms with van der Waals surface area (Å²) in [5.74, 6) is 0.699. The molecule has 2 aromatic heterocycles. The van der Waals surface area contributed by atoms with E-state index in [1.165, 1.54) is 0 Å². The number of anilines is 1. The van der Waals surface area contributed by atoms with Crippen LogP contribution in [0.5, 0.6) is 0 Å². The number of pyridine rings is 1. The van der Waals surface area contributed by atoms with Gasteiger partial charge < -0.3 is 25.7 Å². The van der Waals surface area contributed by atoms with Crippen molar-refractivity contribution >= 4 is 11.7 Å². The van der Waals surface area contributed by atoms with Crippen molar-refractivity contribution in [3.05, 3.63) is 42.1 Å². The highest BCUT2D eigenvalue weighted by atomic mass is 16.5. The standard InChI is InChI=1S/C16H22N6O2/c17-14(8-13-10-18-11-21-13)16(23)20-9-12-2-1-3-19-15(12)22-4-6-24-7-5-22/h1-3,10-11,14H,4-9,17H2,(H,18,21)(H,20,23)/t14-/m0/s1. The summed E-state index contributed by atoms with van der Waals surface area (Å²) >= 11 is 0. The average Bonchev–Trinajstić information content (AvgIpc) is 3.13. The minimum Gasteiger partial charge on any atom is -0.378 e. The fourth-order valence-corrected chi connectivity index (χ4v) is 2.67. The highest BCUT2D eigenvalue weighted by molar-refractivity contribution is 5.81. The Morgan fingerprint density at radius 3 is 3.04 bits per heavy atom. The molecule has 4 N–H and O–H groups in total. The molecule has 0 spiro atoms. The number of carbonyl (C=O) groups is 1. The second-order valence-electron chi connectivity index (χ2n) is 5.69. The zero-order valence-electron chi connectivity index (χ0n) is 13.4. The van der Waals surface area contributed by atoms with Crippen molar-refractivity contribution in [1.82, 2.24) is 20.3 Å². The van der Waals surface area contributed by atoms with Gasteiger partial charge in [0.15, 0.2) is 0 Å². The van der Waals surface area contributed by atoms with Crippen LogP contribution in [0.25, 0.3) is 0 Å². The maximum atomic E-state index is 12.2. The van der Waals surface area contributed by atoms with Crippen LogP contribution < -0.4 is 16.0 Å². The van der Waals surface area contributed by atoms with E-state index in [0.29, 0.717) is 26.2 Å². The molecule has 0 saturated carbocycles. The van der Waals surface area contributed by atoms with Gasteiger partial charge in [0.25, 0.3) is 0 Å². The van der Waals surface area contributed by atoms with Gasteiger partial charge >= 0.3 is 0 Å². The lowest BCUT2D eigenvalue weighted by molar-refractivity contribution is -0.122. The van der Waals surface area contributed by atoms with Crippen molar-refractivity contribution in [1.29, 1.82) is 0 Å². The number of ether oxygens (including phenoxy) is 1. The molecule has 1 fully saturated rings. The third-order valence-electron chi connectivity index (χ3n) is 3.96. The summed E-state index contributed by atoms with van der Waals surface area (Å²) in [5.41, 5.74) is 7.77. The molecule has 1 aliphatic rings. The lowest BCUT2D eigenvalue weighted by Crippen LogP contribution is -2.42. The molecule has 128 valence electrons. The number of carbonyl (C=O) groups excluding carboxylic acids is 1. The Morgan fingerprint density at radius 2 is 2.29 bits per heavy atom. The van der Waals surface area contributed by atoms with Crippen molar-refractivity contribution < 1.29 is 9.53 Å². The van der Waals surface area contributed by atoms with Crippen molar-refractivity contribution in [3.8, 4) is 0 Å². The van der Waals surface area contributed by atoms with Crippen LogP contribution >= 0.6 is 0 Å². The van der Waals surface area contributed by atoms with E-state index in [2.05, 4.69) is 25.2 Å². The number of imidazole rings is 1. The molecule has 8 heteroatoms. The Bertz CT molecular complexity index is 654. The van der Waals surface area contributed by atoms with Gasteiger partial charge in [0.1, 0.15) is 5.82 Å². The van der Waals surface area contributed by atoms with E-state index >= 15 is 0 Å². The number of amides is 1. The van der Waals surface area contributed by atoms with Crippen LogP contribution in [0.15, 0.2) is 30.9 Å². The maximum Gasteiger partial charge on any atom is 0.237 e. The summed E-state index contributed by atoms with van der Waals surface area (Å²) in [6.07, 6.45) is 5.43. The van der Waals surface area contributed by atoms with E-state index in [4.69, 9.17) is 10.5 Å². The van der Waals surface area contributed by atoms with Gasteiger partial charge in [0.2, 0.25) is 5.91 Å². The third kappa shape index (κ3) is 4.09. The first-order chi connectivity index (χ1) is 11.7. The molecular weight excluding hydrogens is 308 g/mol. The molecule has 1 amide bonds. The number of aromatic nitrogens is 3. The first kappa shape index (κ1) is 16.4. The number of nitrogens with two attached hydrogens (primary N) is 1. The Morgan fingerprint density at radius 1 is 1.46 bits per heavy atom. The predicted molar refractivity (Wildman–Crippen MR) is 89.4 cm³/mol. The topological polar surface area (TPSA) is 109 Å². The van der Waals surface area contributed by atoms with Gasteiger partial charge in [-0.1, -0.05) is 6.07 Å². The summed E-state index contributed by atoms with van der Waals surface area (Å²) in [5, 5.41) is 2.89. The maximum absolute atomic E-state index is 12.2. The van der Waals surface area contributed by atoms with Gasteiger partial charge in [-0.3, -0.25) is 4.79 Å². The van der Waals surface area contributed by atoms with E-state index in [1.54, 1.807) is 18.7 Å². The summed E-state index contributed by atoms with van der Waals surface area (Å²) < 4.78 is 5.38. The van der Waals surface area contributed by atoms with Crippen LogP contribution in [0.4, 0.5) is 5.82 Å². The molecule has 3 heterocycles. The number of hydrogen-bond donors (Lipinski definition) is 3. The Balaban J connectivity index is 1.58. The van der Waals surface area contributed by atoms with Crippen LogP contribution in [-0.4, -0.2) is 53.2 Å². The highest BCUT2D eigenvalue weighted by Gasteiger charge is 2.18. The molecule has 1 atom stereocenters. The lowest BCUT2D eigenvalue weighted by Gasteiger charge is -2.29. The van der Waals surface area contributed by atoms with E-state index in [1.807, 2.05) is 12.1 Å². The van der Waals surface area contributed by atoms with E-state index in [-0.39, 0.29) is 5.91 Å². The first-order valence-corrected chi connectivity index (χ1v) is 8.01. The normalized spacial score (nSPS) is 16.0. The Hall–Kier alpha value is -2.45. The number of nitrogens with zero attached hydrogens (tertiary/aromatic N) is 3. The van der Waals surface area contributed by atoms with Crippen LogP contribution in [0.2, 0.25) is 0 Å². The van der Waals surface area contributed by atoms with Gasteiger partial charge in [0.05, 0.1) is 25.6 Å². The number of H-pyrrole nitrogens is 1. The van der Waals surface area contributed by atoms with Crippen LogP contribution in [0.3, 0.4) is 0 Å². The molecule has 0 bridgehead atoms. The predicted octanol–water partition coefficient (Wildman–Crippen LogP) is -0.172. The van der Waals surface area contributed by atoms with Crippen LogP contribution in [-0.2, 0) is 22.5 Å². The molecule has 1 aliphatic heterocycles. The number of nitrogens with one attached hydrogen (secondary N) is 2. The van der Waals surface area contributed by atoms with Crippen molar-refractivity contribution in [2.45, 2.75) is 19.0 Å². The van der Waals surface area contributed by atoms with Crippen molar-refractivity contribution in [2.24, 2.45) is 5.73 Å². The third-order valence-corrected chi connectivity index (χ3v) is 3.96. The van der Waals surface area contributed by atoms with Gasteiger partial charge in [-0.2, -0.15) is 0 Å². The summed E-state index contributed by atoms with van der Waals surface area (Å²) in [7, 11) is 0. The fourth-order valence-electron chi connectivity index (χ4n) is 2.67. The second kappa shape index (κ2) is 7.89. The van der Waals surface area contributed by atoms with Crippen LogP contribution in [0, 0.1) is 0 Å². The number of hydrogen-bond acceptors (Lipinski definition) is 6. The Labute approximate surface area is 140 Å². The summed E-state index contributed by atoms with van der Waals surface area (Å²) in [6.45, 7) is 3.39. The molecule has 3 rings (SSSR count). The van der Waals surface area contributed by atoms with E-state index in [9.17, 15) is 4.79 Å². The Kier molecular flexibility index (Phi) is 5.39. The second-order valence-corrected chi connectivity index (χ2v) is 5.69. The molecular formula is C16H22N6O2. The van der Waals surface area contributed by atoms with E-state index < -0.39 is 6.04 Å². The molecule has 0 radical (unpaired) electrons. The molecule has 8 nitrogen and oxygen atoms in total. The number of aromatic amines is 1. The zero-order chi connectivity index (χ0) is 16.8. The molecule has 0 aromatic carbocycles.